The van der Waals surface area contributed by atoms with Crippen molar-refractivity contribution in [1.29, 1.82) is 0 Å². The van der Waals surface area contributed by atoms with E-state index in [1.807, 2.05) is 24.3 Å². The summed E-state index contributed by atoms with van der Waals surface area (Å²) in [4.78, 5) is 19.1. The van der Waals surface area contributed by atoms with Gasteiger partial charge in [-0.15, -0.1) is 11.3 Å². The van der Waals surface area contributed by atoms with Gasteiger partial charge in [-0.25, -0.2) is 0 Å². The number of aryl methyl sites for hydroxylation is 2. The highest BCUT2D eigenvalue weighted by Crippen LogP contribution is 2.32. The van der Waals surface area contributed by atoms with Crippen LogP contribution in [0.15, 0.2) is 42.7 Å². The van der Waals surface area contributed by atoms with Gasteiger partial charge in [0.2, 0.25) is 5.78 Å². The average Bonchev–Trinajstić information content (AvgIpc) is 3.07. The first-order valence-electron chi connectivity index (χ1n) is 6.82. The van der Waals surface area contributed by atoms with Crippen molar-refractivity contribution in [1.82, 2.24) is 4.98 Å². The number of fused-ring (bicyclic) bond motifs is 2. The Balaban J connectivity index is 1.84. The zero-order valence-corrected chi connectivity index (χ0v) is 11.7. The van der Waals surface area contributed by atoms with Crippen LogP contribution in [0.4, 0.5) is 0 Å². The van der Waals surface area contributed by atoms with E-state index in [-0.39, 0.29) is 5.78 Å². The van der Waals surface area contributed by atoms with E-state index in [1.165, 1.54) is 16.9 Å². The minimum absolute atomic E-state index is 0.140. The molecule has 1 aliphatic carbocycles. The Hall–Kier alpha value is -2.00. The summed E-state index contributed by atoms with van der Waals surface area (Å²) in [6, 6.07) is 9.85. The summed E-state index contributed by atoms with van der Waals surface area (Å²) in [5.74, 6) is 0.140. The topological polar surface area (TPSA) is 30.0 Å². The number of hydrogen-bond donors (Lipinski definition) is 0. The van der Waals surface area contributed by atoms with Gasteiger partial charge in [-0.3, -0.25) is 9.78 Å². The highest BCUT2D eigenvalue weighted by molar-refractivity contribution is 7.14. The number of ketones is 1. The van der Waals surface area contributed by atoms with Gasteiger partial charge in [0.1, 0.15) is 0 Å². The molecule has 0 N–H and O–H groups in total. The summed E-state index contributed by atoms with van der Waals surface area (Å²) < 4.78 is 0. The van der Waals surface area contributed by atoms with Crippen LogP contribution in [-0.4, -0.2) is 10.8 Å². The molecule has 0 spiro atoms. The largest absolute Gasteiger partial charge is 0.288 e. The number of aromatic nitrogens is 1. The summed E-state index contributed by atoms with van der Waals surface area (Å²) in [6.45, 7) is 0. The van der Waals surface area contributed by atoms with Gasteiger partial charge < -0.3 is 0 Å². The number of carbonyl (C=O) groups is 1. The quantitative estimate of drug-likeness (QED) is 0.663. The Kier molecular flexibility index (Phi) is 2.67. The van der Waals surface area contributed by atoms with Crippen LogP contribution in [0.25, 0.3) is 10.8 Å². The van der Waals surface area contributed by atoms with Crippen LogP contribution in [0.1, 0.15) is 32.1 Å². The molecule has 98 valence electrons. The van der Waals surface area contributed by atoms with Gasteiger partial charge in [0.15, 0.2) is 0 Å². The fraction of sp³-hybridized carbons (Fsp3) is 0.176. The molecule has 20 heavy (non-hydrogen) atoms. The van der Waals surface area contributed by atoms with Gasteiger partial charge in [-0.05, 0) is 42.3 Å². The van der Waals surface area contributed by atoms with Crippen LogP contribution < -0.4 is 0 Å². The summed E-state index contributed by atoms with van der Waals surface area (Å²) >= 11 is 1.67. The molecule has 0 unspecified atom stereocenters. The molecule has 2 aromatic heterocycles. The number of nitrogens with zero attached hydrogens (tertiary/aromatic N) is 1. The fourth-order valence-corrected chi connectivity index (χ4v) is 4.10. The van der Waals surface area contributed by atoms with Crippen LogP contribution in [0, 0.1) is 0 Å². The Morgan fingerprint density at radius 3 is 3.05 bits per heavy atom. The molecule has 0 saturated carbocycles. The maximum Gasteiger partial charge on any atom is 0.203 e. The number of rotatable bonds is 2. The molecule has 3 aromatic rings. The molecular weight excluding hydrogens is 266 g/mol. The normalized spacial score (nSPS) is 13.6. The Labute approximate surface area is 121 Å². The lowest BCUT2D eigenvalue weighted by Crippen LogP contribution is -2.00. The second kappa shape index (κ2) is 4.53. The van der Waals surface area contributed by atoms with Gasteiger partial charge in [-0.2, -0.15) is 0 Å². The van der Waals surface area contributed by atoms with E-state index in [0.717, 1.165) is 34.1 Å². The second-order valence-corrected chi connectivity index (χ2v) is 6.28. The van der Waals surface area contributed by atoms with E-state index in [9.17, 15) is 4.79 Å². The smallest absolute Gasteiger partial charge is 0.203 e. The third-order valence-electron chi connectivity index (χ3n) is 3.90. The first kappa shape index (κ1) is 11.8. The Morgan fingerprint density at radius 1 is 1.20 bits per heavy atom. The predicted molar refractivity (Wildman–Crippen MR) is 81.5 cm³/mol. The standard InChI is InChI=1S/C17H13NOS/c19-17(16-9-11-3-2-6-15(11)20-16)14-5-1-4-12-10-18-8-7-13(12)14/h1,4-5,7-10H,2-3,6H2. The van der Waals surface area contributed by atoms with Crippen LogP contribution in [0.5, 0.6) is 0 Å². The van der Waals surface area contributed by atoms with E-state index in [0.29, 0.717) is 0 Å². The van der Waals surface area contributed by atoms with Crippen molar-refractivity contribution in [2.24, 2.45) is 0 Å². The third kappa shape index (κ3) is 1.78. The third-order valence-corrected chi connectivity index (χ3v) is 5.13. The molecule has 3 heteroatoms. The van der Waals surface area contributed by atoms with E-state index < -0.39 is 0 Å². The maximum absolute atomic E-state index is 12.8. The molecule has 1 aliphatic rings. The van der Waals surface area contributed by atoms with Crippen molar-refractivity contribution in [3.8, 4) is 0 Å². The van der Waals surface area contributed by atoms with E-state index in [1.54, 1.807) is 23.7 Å². The highest BCUT2D eigenvalue weighted by atomic mass is 32.1. The van der Waals surface area contributed by atoms with Gasteiger partial charge in [0.05, 0.1) is 4.88 Å². The molecule has 0 atom stereocenters. The first-order valence-corrected chi connectivity index (χ1v) is 7.63. The van der Waals surface area contributed by atoms with Crippen molar-refractivity contribution >= 4 is 27.9 Å². The summed E-state index contributed by atoms with van der Waals surface area (Å²) in [5, 5.41) is 2.00. The Bertz CT molecular complexity index is 792. The molecule has 4 rings (SSSR count). The number of carbonyl (C=O) groups excluding carboxylic acids is 1. The zero-order valence-electron chi connectivity index (χ0n) is 10.9. The van der Waals surface area contributed by atoms with E-state index in [2.05, 4.69) is 11.1 Å². The highest BCUT2D eigenvalue weighted by Gasteiger charge is 2.20. The van der Waals surface area contributed by atoms with Gasteiger partial charge in [0.25, 0.3) is 0 Å². The number of hydrogen-bond acceptors (Lipinski definition) is 3. The van der Waals surface area contributed by atoms with Gasteiger partial charge in [0, 0.05) is 28.2 Å². The monoisotopic (exact) mass is 279 g/mol. The minimum Gasteiger partial charge on any atom is -0.288 e. The van der Waals surface area contributed by atoms with E-state index >= 15 is 0 Å². The molecule has 2 nitrogen and oxygen atoms in total. The van der Waals surface area contributed by atoms with Crippen molar-refractivity contribution < 1.29 is 4.79 Å². The fourth-order valence-electron chi connectivity index (χ4n) is 2.89. The summed E-state index contributed by atoms with van der Waals surface area (Å²) in [6.07, 6.45) is 7.04. The van der Waals surface area contributed by atoms with Crippen LogP contribution >= 0.6 is 11.3 Å². The van der Waals surface area contributed by atoms with Crippen LogP contribution in [0.3, 0.4) is 0 Å². The minimum atomic E-state index is 0.140. The van der Waals surface area contributed by atoms with Gasteiger partial charge in [-0.1, -0.05) is 18.2 Å². The summed E-state index contributed by atoms with van der Waals surface area (Å²) in [7, 11) is 0. The zero-order chi connectivity index (χ0) is 13.5. The molecule has 0 fully saturated rings. The predicted octanol–water partition coefficient (Wildman–Crippen LogP) is 4.02. The van der Waals surface area contributed by atoms with Crippen molar-refractivity contribution in [3.05, 3.63) is 63.6 Å². The Morgan fingerprint density at radius 2 is 2.15 bits per heavy atom. The molecule has 0 aliphatic heterocycles. The molecular formula is C17H13NOS. The first-order chi connectivity index (χ1) is 9.83. The number of benzene rings is 1. The lowest BCUT2D eigenvalue weighted by Gasteiger charge is -2.03. The number of pyridine rings is 1. The van der Waals surface area contributed by atoms with Crippen LogP contribution in [-0.2, 0) is 12.8 Å². The number of thiophene rings is 1. The SMILES string of the molecule is O=C(c1cc2c(s1)CCC2)c1cccc2cnccc12. The summed E-state index contributed by atoms with van der Waals surface area (Å²) in [5.41, 5.74) is 2.16. The molecule has 0 amide bonds. The lowest BCUT2D eigenvalue weighted by molar-refractivity contribution is 0.104. The average molecular weight is 279 g/mol. The molecule has 1 aromatic carbocycles. The van der Waals surface area contributed by atoms with Crippen molar-refractivity contribution in [3.63, 3.8) is 0 Å². The van der Waals surface area contributed by atoms with Crippen molar-refractivity contribution in [2.45, 2.75) is 19.3 Å². The molecule has 2 heterocycles. The lowest BCUT2D eigenvalue weighted by atomic mass is 10.0. The van der Waals surface area contributed by atoms with E-state index in [4.69, 9.17) is 0 Å². The molecule has 0 bridgehead atoms. The van der Waals surface area contributed by atoms with Crippen molar-refractivity contribution in [2.75, 3.05) is 0 Å². The molecule has 0 radical (unpaired) electrons. The molecule has 0 saturated heterocycles. The second-order valence-electron chi connectivity index (χ2n) is 5.14. The maximum atomic E-state index is 12.8. The van der Waals surface area contributed by atoms with Gasteiger partial charge >= 0.3 is 0 Å². The van der Waals surface area contributed by atoms with Crippen LogP contribution in [0.2, 0.25) is 0 Å².